The van der Waals surface area contributed by atoms with Gasteiger partial charge in [0.1, 0.15) is 4.90 Å². The molecule has 7 heteroatoms. The van der Waals surface area contributed by atoms with Crippen LogP contribution in [0, 0.1) is 0 Å². The van der Waals surface area contributed by atoms with E-state index in [1.165, 1.54) is 12.5 Å². The minimum absolute atomic E-state index is 0.0835. The van der Waals surface area contributed by atoms with Crippen LogP contribution in [0.1, 0.15) is 24.5 Å². The Balaban J connectivity index is 2.09. The zero-order valence-corrected chi connectivity index (χ0v) is 12.6. The number of hydrogen-bond acceptors (Lipinski definition) is 6. The summed E-state index contributed by atoms with van der Waals surface area (Å²) in [5.74, 6) is 1.05. The topological polar surface area (TPSA) is 85.1 Å². The van der Waals surface area contributed by atoms with Crippen LogP contribution in [0.5, 0.6) is 0 Å². The van der Waals surface area contributed by atoms with Gasteiger partial charge < -0.3 is 9.73 Å². The summed E-state index contributed by atoms with van der Waals surface area (Å²) in [6.07, 6.45) is 6.06. The molecule has 3 rings (SSSR count). The van der Waals surface area contributed by atoms with Crippen LogP contribution in [-0.4, -0.2) is 37.7 Å². The minimum atomic E-state index is -3.35. The van der Waals surface area contributed by atoms with Crippen molar-refractivity contribution in [2.24, 2.45) is 0 Å². The van der Waals surface area contributed by atoms with Crippen molar-refractivity contribution in [1.82, 2.24) is 15.3 Å². The largest absolute Gasteiger partial charge is 0.461 e. The summed E-state index contributed by atoms with van der Waals surface area (Å²) in [7, 11) is -3.35. The van der Waals surface area contributed by atoms with Gasteiger partial charge in [-0.3, -0.25) is 0 Å². The highest BCUT2D eigenvalue weighted by Gasteiger charge is 2.25. The highest BCUT2D eigenvalue weighted by atomic mass is 32.2. The fourth-order valence-electron chi connectivity index (χ4n) is 2.57. The summed E-state index contributed by atoms with van der Waals surface area (Å²) in [6.45, 7) is 1.69. The van der Waals surface area contributed by atoms with Gasteiger partial charge in [0.25, 0.3) is 0 Å². The van der Waals surface area contributed by atoms with E-state index >= 15 is 0 Å². The first-order valence-corrected chi connectivity index (χ1v) is 8.76. The van der Waals surface area contributed by atoms with Crippen molar-refractivity contribution in [2.45, 2.75) is 23.7 Å². The molecule has 0 unspecified atom stereocenters. The Bertz CT molecular complexity index is 720. The number of furan rings is 1. The Morgan fingerprint density at radius 2 is 2.29 bits per heavy atom. The first-order valence-electron chi connectivity index (χ1n) is 6.87. The van der Waals surface area contributed by atoms with E-state index in [0.717, 1.165) is 25.9 Å². The van der Waals surface area contributed by atoms with Gasteiger partial charge in [-0.05, 0) is 31.5 Å². The van der Waals surface area contributed by atoms with Crippen molar-refractivity contribution in [2.75, 3.05) is 19.3 Å². The third-order valence-electron chi connectivity index (χ3n) is 3.61. The lowest BCUT2D eigenvalue weighted by Crippen LogP contribution is -2.30. The van der Waals surface area contributed by atoms with E-state index in [1.54, 1.807) is 18.4 Å². The second-order valence-corrected chi connectivity index (χ2v) is 7.22. The van der Waals surface area contributed by atoms with E-state index in [9.17, 15) is 8.42 Å². The molecule has 1 fully saturated rings. The lowest BCUT2D eigenvalue weighted by molar-refractivity contribution is 0.447. The molecule has 6 nitrogen and oxygen atoms in total. The second-order valence-electron chi connectivity index (χ2n) is 5.24. The number of piperidine rings is 1. The zero-order valence-electron chi connectivity index (χ0n) is 11.7. The Kier molecular flexibility index (Phi) is 3.77. The van der Waals surface area contributed by atoms with E-state index in [0.29, 0.717) is 17.3 Å². The number of hydrogen-bond donors (Lipinski definition) is 1. The Hall–Kier alpha value is -1.73. The normalized spacial score (nSPS) is 19.6. The van der Waals surface area contributed by atoms with Gasteiger partial charge in [-0.25, -0.2) is 18.4 Å². The fourth-order valence-corrected chi connectivity index (χ4v) is 3.41. The van der Waals surface area contributed by atoms with Gasteiger partial charge >= 0.3 is 0 Å². The van der Waals surface area contributed by atoms with Crippen molar-refractivity contribution < 1.29 is 12.8 Å². The zero-order chi connectivity index (χ0) is 14.9. The van der Waals surface area contributed by atoms with Crippen LogP contribution in [0.25, 0.3) is 11.6 Å². The van der Waals surface area contributed by atoms with Gasteiger partial charge in [0.15, 0.2) is 21.4 Å². The van der Waals surface area contributed by atoms with E-state index in [-0.39, 0.29) is 10.8 Å². The molecule has 0 aromatic carbocycles. The summed E-state index contributed by atoms with van der Waals surface area (Å²) in [4.78, 5) is 8.83. The van der Waals surface area contributed by atoms with Crippen molar-refractivity contribution >= 4 is 9.84 Å². The molecule has 112 valence electrons. The van der Waals surface area contributed by atoms with E-state index in [4.69, 9.17) is 4.42 Å². The number of aromatic nitrogens is 2. The van der Waals surface area contributed by atoms with Crippen LogP contribution in [0.3, 0.4) is 0 Å². The molecule has 1 aliphatic rings. The van der Waals surface area contributed by atoms with Crippen LogP contribution in [0.15, 0.2) is 33.9 Å². The summed E-state index contributed by atoms with van der Waals surface area (Å²) in [5.41, 5.74) is 0.589. The molecule has 3 heterocycles. The first-order chi connectivity index (χ1) is 10.1. The third-order valence-corrected chi connectivity index (χ3v) is 4.72. The SMILES string of the molecule is CS(=O)(=O)c1cnc(-c2ccco2)nc1[C@H]1CCCNC1. The summed E-state index contributed by atoms with van der Waals surface area (Å²) in [6, 6.07) is 3.52. The molecule has 1 saturated heterocycles. The molecule has 2 aromatic rings. The van der Waals surface area contributed by atoms with Crippen LogP contribution in [-0.2, 0) is 9.84 Å². The number of sulfone groups is 1. The molecule has 21 heavy (non-hydrogen) atoms. The molecule has 1 aliphatic heterocycles. The van der Waals surface area contributed by atoms with E-state index < -0.39 is 9.84 Å². The lowest BCUT2D eigenvalue weighted by atomic mass is 9.96. The quantitative estimate of drug-likeness (QED) is 0.927. The van der Waals surface area contributed by atoms with Gasteiger partial charge in [0.2, 0.25) is 0 Å². The average molecular weight is 307 g/mol. The highest BCUT2D eigenvalue weighted by Crippen LogP contribution is 2.29. The molecule has 1 atom stereocenters. The summed E-state index contributed by atoms with van der Waals surface area (Å²) < 4.78 is 29.2. The molecule has 2 aromatic heterocycles. The lowest BCUT2D eigenvalue weighted by Gasteiger charge is -2.23. The van der Waals surface area contributed by atoms with Crippen LogP contribution >= 0.6 is 0 Å². The van der Waals surface area contributed by atoms with E-state index in [1.807, 2.05) is 0 Å². The van der Waals surface area contributed by atoms with Crippen LogP contribution in [0.2, 0.25) is 0 Å². The van der Waals surface area contributed by atoms with Crippen molar-refractivity contribution in [1.29, 1.82) is 0 Å². The molecule has 0 radical (unpaired) electrons. The van der Waals surface area contributed by atoms with Gasteiger partial charge in [-0.15, -0.1) is 0 Å². The predicted molar refractivity (Wildman–Crippen MR) is 77.7 cm³/mol. The molecule has 0 bridgehead atoms. The Morgan fingerprint density at radius 1 is 1.43 bits per heavy atom. The van der Waals surface area contributed by atoms with Crippen LogP contribution in [0.4, 0.5) is 0 Å². The molecular formula is C14H17N3O3S. The maximum atomic E-state index is 12.0. The van der Waals surface area contributed by atoms with E-state index in [2.05, 4.69) is 15.3 Å². The predicted octanol–water partition coefficient (Wildman–Crippen LogP) is 1.61. The number of rotatable bonds is 3. The molecule has 1 N–H and O–H groups in total. The molecule has 0 saturated carbocycles. The maximum Gasteiger partial charge on any atom is 0.195 e. The fraction of sp³-hybridized carbons (Fsp3) is 0.429. The first kappa shape index (κ1) is 14.2. The number of nitrogens with zero attached hydrogens (tertiary/aromatic N) is 2. The standard InChI is InChI=1S/C14H17N3O3S/c1-21(18,19)12-9-16-14(11-5-3-7-20-11)17-13(12)10-4-2-6-15-8-10/h3,5,7,9-10,15H,2,4,6,8H2,1H3/t10-/m0/s1. The maximum absolute atomic E-state index is 12.0. The Morgan fingerprint density at radius 3 is 2.90 bits per heavy atom. The molecule has 0 amide bonds. The monoisotopic (exact) mass is 307 g/mol. The summed E-state index contributed by atoms with van der Waals surface area (Å²) >= 11 is 0. The van der Waals surface area contributed by atoms with Crippen molar-refractivity contribution in [3.63, 3.8) is 0 Å². The van der Waals surface area contributed by atoms with Crippen LogP contribution < -0.4 is 5.32 Å². The van der Waals surface area contributed by atoms with Gasteiger partial charge in [-0.2, -0.15) is 0 Å². The smallest absolute Gasteiger partial charge is 0.195 e. The van der Waals surface area contributed by atoms with Crippen molar-refractivity contribution in [3.05, 3.63) is 30.3 Å². The average Bonchev–Trinajstić information content (AvgIpc) is 3.01. The molecule has 0 aliphatic carbocycles. The molecule has 0 spiro atoms. The Labute approximate surface area is 123 Å². The van der Waals surface area contributed by atoms with Crippen molar-refractivity contribution in [3.8, 4) is 11.6 Å². The second kappa shape index (κ2) is 5.57. The highest BCUT2D eigenvalue weighted by molar-refractivity contribution is 7.90. The van der Waals surface area contributed by atoms with Gasteiger partial charge in [-0.1, -0.05) is 0 Å². The van der Waals surface area contributed by atoms with Gasteiger partial charge in [0, 0.05) is 18.7 Å². The third kappa shape index (κ3) is 2.98. The van der Waals surface area contributed by atoms with Gasteiger partial charge in [0.05, 0.1) is 18.2 Å². The number of nitrogens with one attached hydrogen (secondary N) is 1. The minimum Gasteiger partial charge on any atom is -0.461 e. The summed E-state index contributed by atoms with van der Waals surface area (Å²) in [5, 5.41) is 3.29. The molecular weight excluding hydrogens is 290 g/mol.